The highest BCUT2D eigenvalue weighted by atomic mass is 127. The summed E-state index contributed by atoms with van der Waals surface area (Å²) in [6.45, 7) is 0. The molecule has 1 fully saturated rings. The zero-order chi connectivity index (χ0) is 14.8. The minimum absolute atomic E-state index is 0.0604. The predicted molar refractivity (Wildman–Crippen MR) is 101 cm³/mol. The first-order valence-electron chi connectivity index (χ1n) is 6.24. The topological polar surface area (TPSA) is 20.3 Å². The molecular weight excluding hydrogens is 413 g/mol. The summed E-state index contributed by atoms with van der Waals surface area (Å²) in [5, 5.41) is 0. The monoisotopic (exact) mass is 423 g/mol. The summed E-state index contributed by atoms with van der Waals surface area (Å²) in [7, 11) is 0. The Morgan fingerprint density at radius 3 is 2.38 bits per heavy atom. The summed E-state index contributed by atoms with van der Waals surface area (Å²) in [5.74, 6) is -0.0604. The molecule has 0 radical (unpaired) electrons. The number of thioether (sulfide) groups is 1. The number of para-hydroxylation sites is 1. The van der Waals surface area contributed by atoms with Crippen LogP contribution in [0.2, 0.25) is 0 Å². The maximum absolute atomic E-state index is 12.5. The summed E-state index contributed by atoms with van der Waals surface area (Å²) in [4.78, 5) is 14.8. The first kappa shape index (κ1) is 14.7. The molecular formula is C16H10INOS2. The van der Waals surface area contributed by atoms with Crippen LogP contribution >= 0.6 is 46.6 Å². The van der Waals surface area contributed by atoms with Crippen molar-refractivity contribution in [2.75, 3.05) is 4.90 Å². The second-order valence-corrected chi connectivity index (χ2v) is 7.33. The molecule has 0 atom stereocenters. The van der Waals surface area contributed by atoms with E-state index in [0.29, 0.717) is 9.23 Å². The third kappa shape index (κ3) is 3.20. The molecule has 104 valence electrons. The van der Waals surface area contributed by atoms with E-state index in [4.69, 9.17) is 12.2 Å². The first-order chi connectivity index (χ1) is 10.1. The molecule has 1 saturated heterocycles. The zero-order valence-electron chi connectivity index (χ0n) is 10.8. The van der Waals surface area contributed by atoms with Crippen molar-refractivity contribution in [3.05, 3.63) is 68.6 Å². The van der Waals surface area contributed by atoms with Crippen LogP contribution in [0.1, 0.15) is 5.56 Å². The molecule has 2 aromatic carbocycles. The van der Waals surface area contributed by atoms with Crippen molar-refractivity contribution >= 4 is 68.6 Å². The number of carbonyl (C=O) groups is 1. The van der Waals surface area contributed by atoms with Gasteiger partial charge in [0.1, 0.15) is 0 Å². The van der Waals surface area contributed by atoms with Gasteiger partial charge in [0.15, 0.2) is 4.32 Å². The molecule has 0 saturated carbocycles. The number of anilines is 1. The van der Waals surface area contributed by atoms with E-state index in [2.05, 4.69) is 22.6 Å². The number of rotatable bonds is 2. The van der Waals surface area contributed by atoms with E-state index >= 15 is 0 Å². The molecule has 0 aliphatic carbocycles. The molecule has 1 aliphatic heterocycles. The van der Waals surface area contributed by atoms with Gasteiger partial charge in [-0.25, -0.2) is 0 Å². The van der Waals surface area contributed by atoms with Gasteiger partial charge in [0.25, 0.3) is 5.91 Å². The Morgan fingerprint density at radius 2 is 1.71 bits per heavy atom. The summed E-state index contributed by atoms with van der Waals surface area (Å²) >= 11 is 8.94. The molecule has 0 spiro atoms. The van der Waals surface area contributed by atoms with Gasteiger partial charge >= 0.3 is 0 Å². The molecule has 1 aliphatic rings. The molecule has 2 nitrogen and oxygen atoms in total. The number of halogens is 1. The third-order valence-electron chi connectivity index (χ3n) is 2.98. The molecule has 2 aromatic rings. The molecule has 1 amide bonds. The van der Waals surface area contributed by atoms with Crippen LogP contribution in [0.3, 0.4) is 0 Å². The highest BCUT2D eigenvalue weighted by molar-refractivity contribution is 14.1. The van der Waals surface area contributed by atoms with Crippen molar-refractivity contribution in [3.63, 3.8) is 0 Å². The standard InChI is InChI=1S/C16H10INOS2/c17-12-8-6-11(7-9-12)10-14-15(19)18(16(20)21-14)13-4-2-1-3-5-13/h1-10H. The van der Waals surface area contributed by atoms with Crippen LogP contribution in [0.4, 0.5) is 5.69 Å². The molecule has 0 N–H and O–H groups in total. The zero-order valence-corrected chi connectivity index (χ0v) is 14.6. The van der Waals surface area contributed by atoms with E-state index in [9.17, 15) is 4.79 Å². The van der Waals surface area contributed by atoms with Crippen LogP contribution in [0.25, 0.3) is 6.08 Å². The van der Waals surface area contributed by atoms with Crippen LogP contribution in [0.5, 0.6) is 0 Å². The molecule has 1 heterocycles. The van der Waals surface area contributed by atoms with E-state index in [1.165, 1.54) is 15.3 Å². The lowest BCUT2D eigenvalue weighted by atomic mass is 10.2. The van der Waals surface area contributed by atoms with Crippen molar-refractivity contribution in [3.8, 4) is 0 Å². The van der Waals surface area contributed by atoms with Crippen LogP contribution in [-0.4, -0.2) is 10.2 Å². The predicted octanol–water partition coefficient (Wildman–Crippen LogP) is 4.70. The summed E-state index contributed by atoms with van der Waals surface area (Å²) in [6, 6.07) is 17.5. The van der Waals surface area contributed by atoms with Gasteiger partial charge in [-0.3, -0.25) is 9.69 Å². The maximum atomic E-state index is 12.5. The van der Waals surface area contributed by atoms with Crippen molar-refractivity contribution in [1.82, 2.24) is 0 Å². The van der Waals surface area contributed by atoms with Crippen LogP contribution in [-0.2, 0) is 4.79 Å². The number of nitrogens with zero attached hydrogens (tertiary/aromatic N) is 1. The van der Waals surface area contributed by atoms with Crippen molar-refractivity contribution < 1.29 is 4.79 Å². The van der Waals surface area contributed by atoms with Gasteiger partial charge in [0.2, 0.25) is 0 Å². The minimum Gasteiger partial charge on any atom is -0.268 e. The summed E-state index contributed by atoms with van der Waals surface area (Å²) < 4.78 is 1.74. The van der Waals surface area contributed by atoms with E-state index in [1.807, 2.05) is 60.7 Å². The minimum atomic E-state index is -0.0604. The van der Waals surface area contributed by atoms with Crippen LogP contribution in [0, 0.1) is 3.57 Å². The summed E-state index contributed by atoms with van der Waals surface area (Å²) in [5.41, 5.74) is 1.81. The second-order valence-electron chi connectivity index (χ2n) is 4.40. The Kier molecular flexibility index (Phi) is 4.42. The number of benzene rings is 2. The van der Waals surface area contributed by atoms with Crippen molar-refractivity contribution in [2.45, 2.75) is 0 Å². The van der Waals surface area contributed by atoms with Gasteiger partial charge in [-0.2, -0.15) is 0 Å². The fourth-order valence-electron chi connectivity index (χ4n) is 1.98. The quantitative estimate of drug-likeness (QED) is 0.397. The summed E-state index contributed by atoms with van der Waals surface area (Å²) in [6.07, 6.45) is 1.89. The highest BCUT2D eigenvalue weighted by Crippen LogP contribution is 2.35. The van der Waals surface area contributed by atoms with E-state index in [-0.39, 0.29) is 5.91 Å². The third-order valence-corrected chi connectivity index (χ3v) is 5.00. The fourth-order valence-corrected chi connectivity index (χ4v) is 3.64. The van der Waals surface area contributed by atoms with Crippen molar-refractivity contribution in [1.29, 1.82) is 0 Å². The first-order valence-corrected chi connectivity index (χ1v) is 8.54. The highest BCUT2D eigenvalue weighted by Gasteiger charge is 2.33. The lowest BCUT2D eigenvalue weighted by Crippen LogP contribution is -2.27. The maximum Gasteiger partial charge on any atom is 0.270 e. The van der Waals surface area contributed by atoms with Gasteiger partial charge in [-0.15, -0.1) is 0 Å². The van der Waals surface area contributed by atoms with Crippen LogP contribution < -0.4 is 4.90 Å². The number of amides is 1. The Bertz CT molecular complexity index is 726. The molecule has 0 bridgehead atoms. The Hall–Kier alpha value is -1.18. The molecule has 5 heteroatoms. The fraction of sp³-hybridized carbons (Fsp3) is 0. The SMILES string of the molecule is O=C1C(=Cc2ccc(I)cc2)SC(=S)N1c1ccccc1. The second kappa shape index (κ2) is 6.29. The average Bonchev–Trinajstić information content (AvgIpc) is 2.77. The van der Waals surface area contributed by atoms with Gasteiger partial charge in [0, 0.05) is 3.57 Å². The smallest absolute Gasteiger partial charge is 0.268 e. The van der Waals surface area contributed by atoms with Crippen molar-refractivity contribution in [2.24, 2.45) is 0 Å². The lowest BCUT2D eigenvalue weighted by Gasteiger charge is -2.13. The normalized spacial score (nSPS) is 16.8. The number of hydrogen-bond donors (Lipinski definition) is 0. The van der Waals surface area contributed by atoms with E-state index < -0.39 is 0 Å². The Morgan fingerprint density at radius 1 is 1.05 bits per heavy atom. The largest absolute Gasteiger partial charge is 0.270 e. The van der Waals surface area contributed by atoms with Gasteiger partial charge < -0.3 is 0 Å². The van der Waals surface area contributed by atoms with Gasteiger partial charge in [0.05, 0.1) is 10.6 Å². The molecule has 3 rings (SSSR count). The molecule has 21 heavy (non-hydrogen) atoms. The van der Waals surface area contributed by atoms with Gasteiger partial charge in [-0.05, 0) is 58.5 Å². The Balaban J connectivity index is 1.92. The average molecular weight is 423 g/mol. The van der Waals surface area contributed by atoms with Gasteiger partial charge in [-0.1, -0.05) is 54.3 Å². The van der Waals surface area contributed by atoms with E-state index in [1.54, 1.807) is 4.90 Å². The molecule has 0 aromatic heterocycles. The lowest BCUT2D eigenvalue weighted by molar-refractivity contribution is -0.113. The Labute approximate surface area is 146 Å². The van der Waals surface area contributed by atoms with Crippen LogP contribution in [0.15, 0.2) is 59.5 Å². The number of carbonyl (C=O) groups excluding carboxylic acids is 1. The molecule has 0 unspecified atom stereocenters. The van der Waals surface area contributed by atoms with E-state index in [0.717, 1.165) is 11.3 Å². The number of hydrogen-bond acceptors (Lipinski definition) is 3. The number of thiocarbonyl (C=S) groups is 1.